The van der Waals surface area contributed by atoms with Crippen LogP contribution in [0.5, 0.6) is 11.5 Å². The van der Waals surface area contributed by atoms with Crippen molar-refractivity contribution in [2.45, 2.75) is 6.92 Å². The second-order valence-electron chi connectivity index (χ2n) is 5.62. The Balaban J connectivity index is 1.69. The second kappa shape index (κ2) is 8.45. The van der Waals surface area contributed by atoms with Crippen LogP contribution in [-0.2, 0) is 4.79 Å². The molecule has 1 aromatic carbocycles. The Kier molecular flexibility index (Phi) is 5.82. The lowest BCUT2D eigenvalue weighted by molar-refractivity contribution is -0.118. The summed E-state index contributed by atoms with van der Waals surface area (Å²) in [6, 6.07) is 8.87. The van der Waals surface area contributed by atoms with E-state index in [4.69, 9.17) is 4.74 Å². The Labute approximate surface area is 160 Å². The first-order chi connectivity index (χ1) is 13.0. The molecule has 0 bridgehead atoms. The van der Waals surface area contributed by atoms with E-state index in [2.05, 4.69) is 25.9 Å². The van der Waals surface area contributed by atoms with E-state index in [1.54, 1.807) is 19.2 Å². The van der Waals surface area contributed by atoms with Crippen LogP contribution in [0.25, 0.3) is 10.2 Å². The topological polar surface area (TPSA) is 105 Å². The number of fused-ring (bicyclic) bond motifs is 1. The lowest BCUT2D eigenvalue weighted by atomic mass is 10.3. The van der Waals surface area contributed by atoms with Crippen molar-refractivity contribution < 1.29 is 14.3 Å². The lowest BCUT2D eigenvalue weighted by Crippen LogP contribution is -2.26. The SMILES string of the molecule is CNC(=O)c1cc(Oc2ccc3nc(NCCNC(C)=O)sc3c2)ccn1. The van der Waals surface area contributed by atoms with Gasteiger partial charge in [0.25, 0.3) is 5.91 Å². The number of aromatic nitrogens is 2. The first kappa shape index (κ1) is 18.6. The van der Waals surface area contributed by atoms with Crippen molar-refractivity contribution in [1.82, 2.24) is 20.6 Å². The van der Waals surface area contributed by atoms with E-state index < -0.39 is 0 Å². The highest BCUT2D eigenvalue weighted by Crippen LogP contribution is 2.31. The minimum absolute atomic E-state index is 0.0569. The number of hydrogen-bond donors (Lipinski definition) is 3. The third kappa shape index (κ3) is 4.91. The minimum atomic E-state index is -0.270. The van der Waals surface area contributed by atoms with E-state index in [1.165, 1.54) is 24.5 Å². The Morgan fingerprint density at radius 3 is 2.74 bits per heavy atom. The maximum atomic E-state index is 11.7. The molecule has 0 aliphatic heterocycles. The fourth-order valence-electron chi connectivity index (χ4n) is 2.31. The molecule has 0 saturated carbocycles. The van der Waals surface area contributed by atoms with Crippen molar-refractivity contribution in [2.75, 3.05) is 25.5 Å². The summed E-state index contributed by atoms with van der Waals surface area (Å²) in [4.78, 5) is 31.1. The van der Waals surface area contributed by atoms with Gasteiger partial charge in [-0.05, 0) is 18.2 Å². The number of amides is 2. The van der Waals surface area contributed by atoms with Crippen LogP contribution in [-0.4, -0.2) is 41.9 Å². The second-order valence-corrected chi connectivity index (χ2v) is 6.65. The largest absolute Gasteiger partial charge is 0.457 e. The van der Waals surface area contributed by atoms with Crippen molar-refractivity contribution in [3.63, 3.8) is 0 Å². The first-order valence-electron chi connectivity index (χ1n) is 8.30. The molecule has 0 fully saturated rings. The van der Waals surface area contributed by atoms with Gasteiger partial charge in [-0.3, -0.25) is 14.6 Å². The van der Waals surface area contributed by atoms with Gasteiger partial charge in [0.1, 0.15) is 17.2 Å². The van der Waals surface area contributed by atoms with E-state index in [0.717, 1.165) is 15.3 Å². The quantitative estimate of drug-likeness (QED) is 0.540. The molecule has 2 heterocycles. The summed E-state index contributed by atoms with van der Waals surface area (Å²) in [6.07, 6.45) is 1.53. The van der Waals surface area contributed by atoms with Gasteiger partial charge in [0, 0.05) is 45.4 Å². The van der Waals surface area contributed by atoms with Gasteiger partial charge in [-0.25, -0.2) is 4.98 Å². The summed E-state index contributed by atoms with van der Waals surface area (Å²) < 4.78 is 6.81. The molecule has 0 saturated heterocycles. The smallest absolute Gasteiger partial charge is 0.269 e. The molecule has 0 atom stereocenters. The number of thiazole rings is 1. The molecule has 0 aliphatic rings. The molecule has 3 aromatic rings. The third-order valence-corrected chi connectivity index (χ3v) is 4.54. The highest BCUT2D eigenvalue weighted by atomic mass is 32.1. The highest BCUT2D eigenvalue weighted by molar-refractivity contribution is 7.22. The number of nitrogens with one attached hydrogen (secondary N) is 3. The predicted octanol–water partition coefficient (Wildman–Crippen LogP) is 2.39. The Morgan fingerprint density at radius 2 is 1.96 bits per heavy atom. The summed E-state index contributed by atoms with van der Waals surface area (Å²) in [5.41, 5.74) is 1.15. The van der Waals surface area contributed by atoms with E-state index >= 15 is 0 Å². The molecular formula is C18H19N5O3S. The summed E-state index contributed by atoms with van der Waals surface area (Å²) >= 11 is 1.50. The maximum Gasteiger partial charge on any atom is 0.269 e. The van der Waals surface area contributed by atoms with E-state index in [-0.39, 0.29) is 11.8 Å². The van der Waals surface area contributed by atoms with Gasteiger partial charge in [-0.2, -0.15) is 0 Å². The van der Waals surface area contributed by atoms with Crippen LogP contribution in [0.1, 0.15) is 17.4 Å². The van der Waals surface area contributed by atoms with Crippen LogP contribution in [0.3, 0.4) is 0 Å². The Bertz CT molecular complexity index is 973. The van der Waals surface area contributed by atoms with Crippen molar-refractivity contribution in [1.29, 1.82) is 0 Å². The molecule has 3 rings (SSSR count). The molecule has 2 aromatic heterocycles. The minimum Gasteiger partial charge on any atom is -0.457 e. The van der Waals surface area contributed by atoms with Gasteiger partial charge in [-0.1, -0.05) is 11.3 Å². The van der Waals surface area contributed by atoms with Crippen LogP contribution < -0.4 is 20.7 Å². The number of hydrogen-bond acceptors (Lipinski definition) is 7. The van der Waals surface area contributed by atoms with Crippen LogP contribution >= 0.6 is 11.3 Å². The van der Waals surface area contributed by atoms with Crippen molar-refractivity contribution in [3.8, 4) is 11.5 Å². The van der Waals surface area contributed by atoms with E-state index in [9.17, 15) is 9.59 Å². The molecule has 140 valence electrons. The van der Waals surface area contributed by atoms with Crippen molar-refractivity contribution in [2.24, 2.45) is 0 Å². The maximum absolute atomic E-state index is 11.7. The Hall–Kier alpha value is -3.20. The molecule has 0 radical (unpaired) electrons. The van der Waals surface area contributed by atoms with Crippen molar-refractivity contribution >= 4 is 38.5 Å². The summed E-state index contributed by atoms with van der Waals surface area (Å²) in [5.74, 6) is 0.845. The predicted molar refractivity (Wildman–Crippen MR) is 104 cm³/mol. The van der Waals surface area contributed by atoms with Gasteiger partial charge in [-0.15, -0.1) is 0 Å². The molecule has 8 nitrogen and oxygen atoms in total. The zero-order chi connectivity index (χ0) is 19.2. The molecule has 9 heteroatoms. The van der Waals surface area contributed by atoms with Crippen LogP contribution in [0, 0.1) is 0 Å². The summed E-state index contributed by atoms with van der Waals surface area (Å²) in [7, 11) is 1.55. The van der Waals surface area contributed by atoms with Crippen LogP contribution in [0.4, 0.5) is 5.13 Å². The number of pyridine rings is 1. The first-order valence-corrected chi connectivity index (χ1v) is 9.11. The van der Waals surface area contributed by atoms with Gasteiger partial charge in [0.2, 0.25) is 5.91 Å². The van der Waals surface area contributed by atoms with E-state index in [0.29, 0.717) is 30.3 Å². The van der Waals surface area contributed by atoms with Gasteiger partial charge >= 0.3 is 0 Å². The number of carbonyl (C=O) groups is 2. The number of benzene rings is 1. The highest BCUT2D eigenvalue weighted by Gasteiger charge is 2.09. The van der Waals surface area contributed by atoms with Gasteiger partial charge < -0.3 is 20.7 Å². The number of ether oxygens (including phenoxy) is 1. The normalized spacial score (nSPS) is 10.4. The zero-order valence-corrected chi connectivity index (χ0v) is 15.7. The zero-order valence-electron chi connectivity index (χ0n) is 14.9. The molecule has 0 spiro atoms. The number of anilines is 1. The average molecular weight is 385 g/mol. The fraction of sp³-hybridized carbons (Fsp3) is 0.222. The van der Waals surface area contributed by atoms with Gasteiger partial charge in [0.15, 0.2) is 5.13 Å². The molecular weight excluding hydrogens is 366 g/mol. The van der Waals surface area contributed by atoms with Crippen molar-refractivity contribution in [3.05, 3.63) is 42.2 Å². The molecule has 0 aliphatic carbocycles. The fourth-order valence-corrected chi connectivity index (χ4v) is 3.23. The third-order valence-electron chi connectivity index (χ3n) is 3.56. The molecule has 2 amide bonds. The number of carbonyl (C=O) groups excluding carboxylic acids is 2. The number of nitrogens with zero attached hydrogens (tertiary/aromatic N) is 2. The van der Waals surface area contributed by atoms with Crippen LogP contribution in [0.2, 0.25) is 0 Å². The number of rotatable bonds is 7. The molecule has 3 N–H and O–H groups in total. The standard InChI is InChI=1S/C18H19N5O3S/c1-11(24)20-7-8-22-18-23-14-4-3-12(10-16(14)27-18)26-13-5-6-21-15(9-13)17(25)19-2/h3-6,9-10H,7-8H2,1-2H3,(H,19,25)(H,20,24)(H,22,23). The van der Waals surface area contributed by atoms with Crippen LogP contribution in [0.15, 0.2) is 36.5 Å². The summed E-state index contributed by atoms with van der Waals surface area (Å²) in [6.45, 7) is 2.62. The molecule has 0 unspecified atom stereocenters. The Morgan fingerprint density at radius 1 is 1.15 bits per heavy atom. The molecule has 27 heavy (non-hydrogen) atoms. The van der Waals surface area contributed by atoms with Gasteiger partial charge in [0.05, 0.1) is 10.2 Å². The monoisotopic (exact) mass is 385 g/mol. The van der Waals surface area contributed by atoms with E-state index in [1.807, 2.05) is 18.2 Å². The lowest BCUT2D eigenvalue weighted by Gasteiger charge is -2.06. The summed E-state index contributed by atoms with van der Waals surface area (Å²) in [5, 5.41) is 9.22. The average Bonchev–Trinajstić information content (AvgIpc) is 3.06.